The van der Waals surface area contributed by atoms with Crippen molar-refractivity contribution >= 4 is 11.9 Å². The SMILES string of the molecule is CCC(N)(CC)C(=O)N[C@@H](CO)C(=O)O. The minimum absolute atomic E-state index is 0.410. The Bertz CT molecular complexity index is 238. The third-order valence-corrected chi connectivity index (χ3v) is 2.50. The van der Waals surface area contributed by atoms with E-state index in [1.165, 1.54) is 0 Å². The lowest BCUT2D eigenvalue weighted by Crippen LogP contribution is -2.57. The lowest BCUT2D eigenvalue weighted by molar-refractivity contribution is -0.143. The van der Waals surface area contributed by atoms with Gasteiger partial charge >= 0.3 is 5.97 Å². The van der Waals surface area contributed by atoms with E-state index < -0.39 is 30.1 Å². The van der Waals surface area contributed by atoms with E-state index in [1.807, 2.05) is 0 Å². The van der Waals surface area contributed by atoms with E-state index in [9.17, 15) is 9.59 Å². The smallest absolute Gasteiger partial charge is 0.328 e. The van der Waals surface area contributed by atoms with E-state index >= 15 is 0 Å². The van der Waals surface area contributed by atoms with E-state index in [4.69, 9.17) is 15.9 Å². The first kappa shape index (κ1) is 13.9. The van der Waals surface area contributed by atoms with Gasteiger partial charge in [-0.3, -0.25) is 4.79 Å². The molecule has 0 radical (unpaired) electrons. The van der Waals surface area contributed by atoms with Gasteiger partial charge in [0.1, 0.15) is 6.04 Å². The predicted octanol–water partition coefficient (Wildman–Crippen LogP) is -0.934. The molecule has 0 aliphatic carbocycles. The molecular weight excluding hydrogens is 200 g/mol. The first-order valence-corrected chi connectivity index (χ1v) is 4.84. The van der Waals surface area contributed by atoms with Crippen molar-refractivity contribution in [2.45, 2.75) is 38.3 Å². The molecular formula is C9H18N2O4. The summed E-state index contributed by atoms with van der Waals surface area (Å²) in [7, 11) is 0. The maximum atomic E-state index is 11.6. The fraction of sp³-hybridized carbons (Fsp3) is 0.778. The molecule has 0 fully saturated rings. The molecule has 0 saturated carbocycles. The van der Waals surface area contributed by atoms with Crippen molar-refractivity contribution in [3.63, 3.8) is 0 Å². The zero-order chi connectivity index (χ0) is 12.1. The summed E-state index contributed by atoms with van der Waals surface area (Å²) >= 11 is 0. The number of carbonyl (C=O) groups is 2. The lowest BCUT2D eigenvalue weighted by Gasteiger charge is -2.26. The average Bonchev–Trinajstić information content (AvgIpc) is 2.23. The van der Waals surface area contributed by atoms with Crippen molar-refractivity contribution < 1.29 is 19.8 Å². The largest absolute Gasteiger partial charge is 0.480 e. The van der Waals surface area contributed by atoms with Gasteiger partial charge in [0.2, 0.25) is 5.91 Å². The van der Waals surface area contributed by atoms with Crippen LogP contribution in [0.1, 0.15) is 26.7 Å². The van der Waals surface area contributed by atoms with Crippen molar-refractivity contribution in [2.75, 3.05) is 6.61 Å². The summed E-state index contributed by atoms with van der Waals surface area (Å²) in [5, 5.41) is 19.5. The fourth-order valence-corrected chi connectivity index (χ4v) is 1.06. The van der Waals surface area contributed by atoms with E-state index in [-0.39, 0.29) is 0 Å². The number of carboxylic acid groups (broad SMARTS) is 1. The third kappa shape index (κ3) is 3.49. The number of aliphatic carboxylic acids is 1. The topological polar surface area (TPSA) is 113 Å². The molecule has 1 atom stereocenters. The van der Waals surface area contributed by atoms with E-state index in [2.05, 4.69) is 5.32 Å². The Balaban J connectivity index is 4.52. The number of aliphatic hydroxyl groups is 1. The zero-order valence-electron chi connectivity index (χ0n) is 8.99. The fourth-order valence-electron chi connectivity index (χ4n) is 1.06. The highest BCUT2D eigenvalue weighted by molar-refractivity contribution is 5.89. The Labute approximate surface area is 88.5 Å². The maximum absolute atomic E-state index is 11.6. The lowest BCUT2D eigenvalue weighted by atomic mass is 9.93. The van der Waals surface area contributed by atoms with Gasteiger partial charge in [-0.2, -0.15) is 0 Å². The van der Waals surface area contributed by atoms with Crippen molar-refractivity contribution in [2.24, 2.45) is 5.73 Å². The van der Waals surface area contributed by atoms with Crippen LogP contribution in [0.3, 0.4) is 0 Å². The number of rotatable bonds is 6. The van der Waals surface area contributed by atoms with Gasteiger partial charge in [-0.05, 0) is 12.8 Å². The van der Waals surface area contributed by atoms with Gasteiger partial charge in [0.05, 0.1) is 12.1 Å². The quantitative estimate of drug-likeness (QED) is 0.460. The molecule has 5 N–H and O–H groups in total. The second-order valence-electron chi connectivity index (χ2n) is 3.41. The van der Waals surface area contributed by atoms with Crippen LogP contribution < -0.4 is 11.1 Å². The van der Waals surface area contributed by atoms with Gasteiger partial charge < -0.3 is 21.3 Å². The Hall–Kier alpha value is -1.14. The molecule has 88 valence electrons. The first-order chi connectivity index (χ1) is 6.91. The predicted molar refractivity (Wildman–Crippen MR) is 54.2 cm³/mol. The van der Waals surface area contributed by atoms with Crippen LogP contribution in [-0.2, 0) is 9.59 Å². The molecule has 0 aromatic rings. The first-order valence-electron chi connectivity index (χ1n) is 4.84. The monoisotopic (exact) mass is 218 g/mol. The molecule has 0 aromatic carbocycles. The van der Waals surface area contributed by atoms with E-state index in [0.717, 1.165) is 0 Å². The molecule has 0 aliphatic heterocycles. The van der Waals surface area contributed by atoms with E-state index in [1.54, 1.807) is 13.8 Å². The highest BCUT2D eigenvalue weighted by atomic mass is 16.4. The summed E-state index contributed by atoms with van der Waals surface area (Å²) in [5.74, 6) is -1.82. The Morgan fingerprint density at radius 2 is 1.87 bits per heavy atom. The Morgan fingerprint density at radius 1 is 1.40 bits per heavy atom. The summed E-state index contributed by atoms with van der Waals surface area (Å²) in [6, 6.07) is -1.29. The zero-order valence-corrected chi connectivity index (χ0v) is 8.99. The number of nitrogens with two attached hydrogens (primary N) is 1. The van der Waals surface area contributed by atoms with Gasteiger partial charge in [-0.1, -0.05) is 13.8 Å². The van der Waals surface area contributed by atoms with Crippen molar-refractivity contribution in [1.82, 2.24) is 5.32 Å². The highest BCUT2D eigenvalue weighted by Crippen LogP contribution is 2.11. The molecule has 0 saturated heterocycles. The van der Waals surface area contributed by atoms with Crippen LogP contribution in [0.2, 0.25) is 0 Å². The number of carbonyl (C=O) groups excluding carboxylic acids is 1. The molecule has 0 heterocycles. The molecule has 0 bridgehead atoms. The van der Waals surface area contributed by atoms with Gasteiger partial charge in [0.25, 0.3) is 0 Å². The molecule has 1 amide bonds. The number of amides is 1. The van der Waals surface area contributed by atoms with Crippen molar-refractivity contribution in [3.8, 4) is 0 Å². The molecule has 15 heavy (non-hydrogen) atoms. The second-order valence-corrected chi connectivity index (χ2v) is 3.41. The molecule has 0 aromatic heterocycles. The minimum Gasteiger partial charge on any atom is -0.480 e. The molecule has 0 rings (SSSR count). The average molecular weight is 218 g/mol. The van der Waals surface area contributed by atoms with Crippen molar-refractivity contribution in [3.05, 3.63) is 0 Å². The van der Waals surface area contributed by atoms with Crippen LogP contribution in [0.4, 0.5) is 0 Å². The van der Waals surface area contributed by atoms with Crippen LogP contribution in [-0.4, -0.2) is 40.3 Å². The second kappa shape index (κ2) is 5.67. The maximum Gasteiger partial charge on any atom is 0.328 e. The number of hydrogen-bond acceptors (Lipinski definition) is 4. The number of aliphatic hydroxyl groups excluding tert-OH is 1. The number of carboxylic acids is 1. The molecule has 0 aliphatic rings. The Kier molecular flexibility index (Phi) is 5.24. The summed E-state index contributed by atoms with van der Waals surface area (Å²) in [6.07, 6.45) is 0.820. The number of hydrogen-bond donors (Lipinski definition) is 4. The highest BCUT2D eigenvalue weighted by Gasteiger charge is 2.32. The summed E-state index contributed by atoms with van der Waals surface area (Å²) in [6.45, 7) is 2.85. The summed E-state index contributed by atoms with van der Waals surface area (Å²) in [5.41, 5.74) is 4.69. The van der Waals surface area contributed by atoms with Crippen LogP contribution in [0.25, 0.3) is 0 Å². The van der Waals surface area contributed by atoms with E-state index in [0.29, 0.717) is 12.8 Å². The van der Waals surface area contributed by atoms with Crippen LogP contribution in [0.15, 0.2) is 0 Å². The normalized spacial score (nSPS) is 13.3. The van der Waals surface area contributed by atoms with Gasteiger partial charge in [-0.25, -0.2) is 4.79 Å². The summed E-state index contributed by atoms with van der Waals surface area (Å²) in [4.78, 5) is 22.1. The number of nitrogens with one attached hydrogen (secondary N) is 1. The third-order valence-electron chi connectivity index (χ3n) is 2.50. The van der Waals surface area contributed by atoms with Crippen LogP contribution in [0, 0.1) is 0 Å². The van der Waals surface area contributed by atoms with Gasteiger partial charge in [0, 0.05) is 0 Å². The van der Waals surface area contributed by atoms with Crippen LogP contribution in [0.5, 0.6) is 0 Å². The minimum atomic E-state index is -1.29. The molecule has 0 spiro atoms. The standard InChI is InChI=1S/C9H18N2O4/c1-3-9(10,4-2)8(15)11-6(5-12)7(13)14/h6,12H,3-5,10H2,1-2H3,(H,11,15)(H,13,14)/t6-/m0/s1. The molecule has 6 heteroatoms. The van der Waals surface area contributed by atoms with Crippen molar-refractivity contribution in [1.29, 1.82) is 0 Å². The van der Waals surface area contributed by atoms with Crippen LogP contribution >= 0.6 is 0 Å². The Morgan fingerprint density at radius 3 is 2.13 bits per heavy atom. The molecule has 6 nitrogen and oxygen atoms in total. The van der Waals surface area contributed by atoms with Gasteiger partial charge in [0.15, 0.2) is 0 Å². The molecule has 0 unspecified atom stereocenters. The summed E-state index contributed by atoms with van der Waals surface area (Å²) < 4.78 is 0. The van der Waals surface area contributed by atoms with Gasteiger partial charge in [-0.15, -0.1) is 0 Å².